The average molecular weight is 497 g/mol. The van der Waals surface area contributed by atoms with E-state index in [1.165, 1.54) is 64.2 Å². The lowest BCUT2D eigenvalue weighted by Crippen LogP contribution is -2.16. The number of hydrogen-bond acceptors (Lipinski definition) is 4. The minimum absolute atomic E-state index is 0.283. The Morgan fingerprint density at radius 2 is 1.36 bits per heavy atom. The van der Waals surface area contributed by atoms with Crippen LogP contribution in [0.1, 0.15) is 97.4 Å². The summed E-state index contributed by atoms with van der Waals surface area (Å²) in [6.45, 7) is 3.40. The van der Waals surface area contributed by atoms with Gasteiger partial charge < -0.3 is 19.7 Å². The quantitative estimate of drug-likeness (QED) is 0.380. The number of aromatic carboxylic acids is 2. The number of hydrogen-bond donors (Lipinski definition) is 2. The largest absolute Gasteiger partial charge is 0.493 e. The Morgan fingerprint density at radius 3 is 1.92 bits per heavy atom. The number of carbonyl (C=O) groups is 2. The van der Waals surface area contributed by atoms with Gasteiger partial charge in [-0.2, -0.15) is 0 Å². The molecule has 2 aromatic rings. The Hall–Kier alpha value is -3.02. The van der Waals surface area contributed by atoms with Gasteiger partial charge in [0, 0.05) is 5.56 Å². The number of carboxylic acid groups (broad SMARTS) is 2. The molecule has 6 heteroatoms. The number of carboxylic acids is 2. The first-order valence-corrected chi connectivity index (χ1v) is 13.4. The van der Waals surface area contributed by atoms with Crippen molar-refractivity contribution in [3.8, 4) is 11.5 Å². The minimum atomic E-state index is -0.909. The lowest BCUT2D eigenvalue weighted by atomic mass is 9.90. The van der Waals surface area contributed by atoms with Gasteiger partial charge in [0.05, 0.1) is 24.3 Å². The van der Waals surface area contributed by atoms with Crippen LogP contribution < -0.4 is 9.47 Å². The first-order chi connectivity index (χ1) is 17.5. The normalized spacial score (nSPS) is 16.5. The minimum Gasteiger partial charge on any atom is -0.493 e. The van der Waals surface area contributed by atoms with Crippen LogP contribution in [0.15, 0.2) is 42.5 Å². The Bertz CT molecular complexity index is 973. The maximum absolute atomic E-state index is 11.2. The molecule has 0 spiro atoms. The van der Waals surface area contributed by atoms with E-state index in [1.807, 2.05) is 19.1 Å². The van der Waals surface area contributed by atoms with Crippen molar-refractivity contribution < 1.29 is 29.3 Å². The first-order valence-electron chi connectivity index (χ1n) is 13.4. The van der Waals surface area contributed by atoms with Crippen LogP contribution in [0.25, 0.3) is 0 Å². The molecule has 4 rings (SSSR count). The van der Waals surface area contributed by atoms with Crippen LogP contribution in [0.3, 0.4) is 0 Å². The van der Waals surface area contributed by atoms with Gasteiger partial charge in [0.1, 0.15) is 11.5 Å². The zero-order chi connectivity index (χ0) is 25.8. The highest BCUT2D eigenvalue weighted by Crippen LogP contribution is 2.28. The number of rotatable bonds is 9. The van der Waals surface area contributed by atoms with E-state index in [2.05, 4.69) is 0 Å². The van der Waals surface area contributed by atoms with E-state index in [0.717, 1.165) is 17.9 Å². The lowest BCUT2D eigenvalue weighted by molar-refractivity contribution is 0.0685. The van der Waals surface area contributed by atoms with E-state index in [0.29, 0.717) is 36.2 Å². The highest BCUT2D eigenvalue weighted by atomic mass is 16.5. The Labute approximate surface area is 214 Å². The maximum atomic E-state index is 11.2. The van der Waals surface area contributed by atoms with Gasteiger partial charge in [-0.1, -0.05) is 57.6 Å². The molecule has 6 nitrogen and oxygen atoms in total. The molecular formula is C30H40O6. The molecular weight excluding hydrogens is 456 g/mol. The van der Waals surface area contributed by atoms with E-state index >= 15 is 0 Å². The SMILES string of the molecule is CCc1c(OCC2CCCCC2)cccc1C(=O)O.O=C(O)c1cccc(OCC2CCCCC2)c1. The van der Waals surface area contributed by atoms with E-state index in [-0.39, 0.29) is 5.56 Å². The first kappa shape index (κ1) is 27.6. The van der Waals surface area contributed by atoms with Gasteiger partial charge in [-0.3, -0.25) is 0 Å². The molecule has 196 valence electrons. The van der Waals surface area contributed by atoms with Crippen molar-refractivity contribution in [2.45, 2.75) is 77.6 Å². The second-order valence-corrected chi connectivity index (χ2v) is 9.90. The fourth-order valence-electron chi connectivity index (χ4n) is 5.11. The van der Waals surface area contributed by atoms with E-state index < -0.39 is 11.9 Å². The summed E-state index contributed by atoms with van der Waals surface area (Å²) in [4.78, 5) is 22.0. The monoisotopic (exact) mass is 496 g/mol. The summed E-state index contributed by atoms with van der Waals surface area (Å²) in [5.74, 6) is 0.890. The van der Waals surface area contributed by atoms with Crippen molar-refractivity contribution in [3.63, 3.8) is 0 Å². The molecule has 0 heterocycles. The molecule has 36 heavy (non-hydrogen) atoms. The van der Waals surface area contributed by atoms with Crippen molar-refractivity contribution in [1.82, 2.24) is 0 Å². The number of ether oxygens (including phenoxy) is 2. The molecule has 0 saturated heterocycles. The molecule has 2 aliphatic rings. The molecule has 2 fully saturated rings. The van der Waals surface area contributed by atoms with Gasteiger partial charge in [0.15, 0.2) is 0 Å². The van der Waals surface area contributed by atoms with Gasteiger partial charge in [-0.05, 0) is 74.3 Å². The standard InChI is InChI=1S/C16H22O3.C14H18O3/c1-2-13-14(16(17)18)9-6-10-15(13)19-11-12-7-4-3-5-8-12;15-14(16)12-7-4-8-13(9-12)17-10-11-5-2-1-3-6-11/h6,9-10,12H,2-5,7-8,11H2,1H3,(H,17,18);4,7-9,11H,1-3,5-6,10H2,(H,15,16). The average Bonchev–Trinajstić information content (AvgIpc) is 2.92. The Kier molecular flexibility index (Phi) is 11.1. The highest BCUT2D eigenvalue weighted by Gasteiger charge is 2.17. The Balaban J connectivity index is 0.000000202. The lowest BCUT2D eigenvalue weighted by Gasteiger charge is -2.22. The van der Waals surface area contributed by atoms with Gasteiger partial charge in [-0.25, -0.2) is 9.59 Å². The zero-order valence-corrected chi connectivity index (χ0v) is 21.4. The van der Waals surface area contributed by atoms with Crippen LogP contribution in [-0.4, -0.2) is 35.4 Å². The summed E-state index contributed by atoms with van der Waals surface area (Å²) >= 11 is 0. The van der Waals surface area contributed by atoms with Gasteiger partial charge in [-0.15, -0.1) is 0 Å². The van der Waals surface area contributed by atoms with Crippen LogP contribution in [0.5, 0.6) is 11.5 Å². The second-order valence-electron chi connectivity index (χ2n) is 9.90. The molecule has 0 aliphatic heterocycles. The number of benzene rings is 2. The van der Waals surface area contributed by atoms with E-state index in [9.17, 15) is 14.7 Å². The fourth-order valence-corrected chi connectivity index (χ4v) is 5.11. The second kappa shape index (κ2) is 14.5. The van der Waals surface area contributed by atoms with Crippen molar-refractivity contribution in [1.29, 1.82) is 0 Å². The summed E-state index contributed by atoms with van der Waals surface area (Å²) in [6, 6.07) is 12.0. The van der Waals surface area contributed by atoms with Crippen molar-refractivity contribution in [2.24, 2.45) is 11.8 Å². The molecule has 0 atom stereocenters. The summed E-state index contributed by atoms with van der Waals surface area (Å²) in [5, 5.41) is 18.1. The summed E-state index contributed by atoms with van der Waals surface area (Å²) < 4.78 is 11.6. The molecule has 0 unspecified atom stereocenters. The molecule has 2 saturated carbocycles. The van der Waals surface area contributed by atoms with Crippen LogP contribution in [0.4, 0.5) is 0 Å². The molecule has 0 bridgehead atoms. The Morgan fingerprint density at radius 1 is 0.778 bits per heavy atom. The summed E-state index contributed by atoms with van der Waals surface area (Å²) in [5.41, 5.74) is 1.46. The van der Waals surface area contributed by atoms with E-state index in [4.69, 9.17) is 14.6 Å². The smallest absolute Gasteiger partial charge is 0.336 e. The highest BCUT2D eigenvalue weighted by molar-refractivity contribution is 5.90. The van der Waals surface area contributed by atoms with Crippen LogP contribution >= 0.6 is 0 Å². The predicted molar refractivity (Wildman–Crippen MR) is 140 cm³/mol. The predicted octanol–water partition coefficient (Wildman–Crippen LogP) is 7.25. The van der Waals surface area contributed by atoms with Gasteiger partial charge >= 0.3 is 11.9 Å². The third kappa shape index (κ3) is 8.58. The van der Waals surface area contributed by atoms with Gasteiger partial charge in [0.25, 0.3) is 0 Å². The molecule has 0 aromatic heterocycles. The molecule has 2 N–H and O–H groups in total. The summed E-state index contributed by atoms with van der Waals surface area (Å²) in [7, 11) is 0. The molecule has 2 aromatic carbocycles. The van der Waals surface area contributed by atoms with Crippen LogP contribution in [0.2, 0.25) is 0 Å². The molecule has 0 amide bonds. The topological polar surface area (TPSA) is 93.1 Å². The zero-order valence-electron chi connectivity index (χ0n) is 21.4. The third-order valence-electron chi connectivity index (χ3n) is 7.21. The van der Waals surface area contributed by atoms with Crippen molar-refractivity contribution in [3.05, 3.63) is 59.2 Å². The fraction of sp³-hybridized carbons (Fsp3) is 0.533. The molecule has 2 aliphatic carbocycles. The van der Waals surface area contributed by atoms with Crippen molar-refractivity contribution in [2.75, 3.05) is 13.2 Å². The van der Waals surface area contributed by atoms with Crippen LogP contribution in [-0.2, 0) is 6.42 Å². The van der Waals surface area contributed by atoms with Crippen LogP contribution in [0, 0.1) is 11.8 Å². The summed E-state index contributed by atoms with van der Waals surface area (Å²) in [6.07, 6.45) is 13.5. The van der Waals surface area contributed by atoms with E-state index in [1.54, 1.807) is 30.3 Å². The maximum Gasteiger partial charge on any atom is 0.336 e. The van der Waals surface area contributed by atoms with Crippen molar-refractivity contribution >= 4 is 11.9 Å². The molecule has 0 radical (unpaired) electrons. The van der Waals surface area contributed by atoms with Gasteiger partial charge in [0.2, 0.25) is 0 Å². The third-order valence-corrected chi connectivity index (χ3v) is 7.21.